The summed E-state index contributed by atoms with van der Waals surface area (Å²) in [6.45, 7) is 10.3. The van der Waals surface area contributed by atoms with Crippen molar-refractivity contribution in [3.63, 3.8) is 0 Å². The molecule has 3 aromatic carbocycles. The minimum atomic E-state index is -0.0384. The fraction of sp³-hybridized carbons (Fsp3) is 0.419. The Hall–Kier alpha value is -3.38. The van der Waals surface area contributed by atoms with E-state index in [4.69, 9.17) is 4.74 Å². The Bertz CT molecular complexity index is 1380. The van der Waals surface area contributed by atoms with E-state index in [1.807, 2.05) is 18.2 Å². The van der Waals surface area contributed by atoms with Crippen molar-refractivity contribution in [1.29, 1.82) is 0 Å². The van der Waals surface area contributed by atoms with Crippen LogP contribution in [0.3, 0.4) is 0 Å². The highest BCUT2D eigenvalue weighted by Crippen LogP contribution is 2.31. The average Bonchev–Trinajstić information content (AvgIpc) is 3.55. The Morgan fingerprint density at radius 3 is 2.81 bits per heavy atom. The van der Waals surface area contributed by atoms with Crippen molar-refractivity contribution < 1.29 is 9.53 Å². The number of likely N-dealkylation sites (tertiary alicyclic amines) is 1. The highest BCUT2D eigenvalue weighted by molar-refractivity contribution is 6.02. The molecule has 6 nitrogen and oxygen atoms in total. The molecule has 0 radical (unpaired) electrons. The summed E-state index contributed by atoms with van der Waals surface area (Å²) >= 11 is 0. The van der Waals surface area contributed by atoms with E-state index in [0.29, 0.717) is 24.1 Å². The van der Waals surface area contributed by atoms with Crippen LogP contribution >= 0.6 is 0 Å². The van der Waals surface area contributed by atoms with E-state index in [1.165, 1.54) is 19.4 Å². The maximum Gasteiger partial charge on any atom is 0.251 e. The lowest BCUT2D eigenvalue weighted by molar-refractivity contribution is 0.0952. The summed E-state index contributed by atoms with van der Waals surface area (Å²) < 4.78 is 6.18. The quantitative estimate of drug-likeness (QED) is 0.248. The van der Waals surface area contributed by atoms with E-state index >= 15 is 0 Å². The molecule has 0 aliphatic carbocycles. The van der Waals surface area contributed by atoms with Gasteiger partial charge in [0.25, 0.3) is 5.91 Å². The molecular formula is C31H38N4O2. The van der Waals surface area contributed by atoms with Crippen molar-refractivity contribution in [2.45, 2.75) is 52.5 Å². The summed E-state index contributed by atoms with van der Waals surface area (Å²) in [6, 6.07) is 18.9. The number of amides is 1. The SMILES string of the molecule is CCN1CCC[C@H]1COc1ccc2cc(-c3n[nH]c4ccc(C(=O)NCCCC(C)C)cc34)ccc2c1. The molecule has 0 saturated carbocycles. The number of hydrogen-bond acceptors (Lipinski definition) is 4. The number of likely N-dealkylation sites (N-methyl/N-ethyl adjacent to an activating group) is 1. The highest BCUT2D eigenvalue weighted by Gasteiger charge is 2.23. The zero-order chi connectivity index (χ0) is 25.8. The Kier molecular flexibility index (Phi) is 7.75. The first kappa shape index (κ1) is 25.3. The Morgan fingerprint density at radius 2 is 1.97 bits per heavy atom. The lowest BCUT2D eigenvalue weighted by atomic mass is 10.0. The number of hydrogen-bond donors (Lipinski definition) is 2. The first-order chi connectivity index (χ1) is 18.0. The highest BCUT2D eigenvalue weighted by atomic mass is 16.5. The van der Waals surface area contributed by atoms with E-state index in [2.05, 4.69) is 77.6 Å². The Morgan fingerprint density at radius 1 is 1.14 bits per heavy atom. The lowest BCUT2D eigenvalue weighted by Crippen LogP contribution is -2.33. The van der Waals surface area contributed by atoms with Gasteiger partial charge in [-0.2, -0.15) is 5.10 Å². The summed E-state index contributed by atoms with van der Waals surface area (Å²) in [4.78, 5) is 15.2. The van der Waals surface area contributed by atoms with Crippen LogP contribution in [0.2, 0.25) is 0 Å². The van der Waals surface area contributed by atoms with E-state index in [9.17, 15) is 4.79 Å². The third-order valence-electron chi connectivity index (χ3n) is 7.50. The van der Waals surface area contributed by atoms with Crippen LogP contribution in [0.1, 0.15) is 56.8 Å². The molecule has 37 heavy (non-hydrogen) atoms. The molecule has 1 fully saturated rings. The summed E-state index contributed by atoms with van der Waals surface area (Å²) in [6.07, 6.45) is 4.57. The van der Waals surface area contributed by atoms with E-state index in [1.54, 1.807) is 0 Å². The van der Waals surface area contributed by atoms with Gasteiger partial charge in [-0.05, 0) is 91.9 Å². The van der Waals surface area contributed by atoms with Crippen LogP contribution in [0.5, 0.6) is 5.75 Å². The largest absolute Gasteiger partial charge is 0.492 e. The molecule has 2 heterocycles. The lowest BCUT2D eigenvalue weighted by Gasteiger charge is -2.22. The zero-order valence-electron chi connectivity index (χ0n) is 22.2. The van der Waals surface area contributed by atoms with Gasteiger partial charge in [-0.15, -0.1) is 0 Å². The molecule has 6 heteroatoms. The van der Waals surface area contributed by atoms with Gasteiger partial charge >= 0.3 is 0 Å². The smallest absolute Gasteiger partial charge is 0.251 e. The van der Waals surface area contributed by atoms with E-state index in [0.717, 1.165) is 64.7 Å². The van der Waals surface area contributed by atoms with Crippen molar-refractivity contribution in [3.05, 3.63) is 60.2 Å². The normalized spacial score (nSPS) is 16.2. The van der Waals surface area contributed by atoms with Crippen LogP contribution in [0.25, 0.3) is 32.9 Å². The summed E-state index contributed by atoms with van der Waals surface area (Å²) in [5.74, 6) is 1.52. The van der Waals surface area contributed by atoms with E-state index < -0.39 is 0 Å². The number of fused-ring (bicyclic) bond motifs is 2. The molecule has 1 aromatic heterocycles. The zero-order valence-corrected chi connectivity index (χ0v) is 22.2. The topological polar surface area (TPSA) is 70.2 Å². The first-order valence-corrected chi connectivity index (χ1v) is 13.7. The van der Waals surface area contributed by atoms with Crippen LogP contribution < -0.4 is 10.1 Å². The third-order valence-corrected chi connectivity index (χ3v) is 7.50. The molecule has 1 amide bonds. The molecule has 0 bridgehead atoms. The molecule has 0 unspecified atom stereocenters. The number of aromatic amines is 1. The molecule has 1 atom stereocenters. The second-order valence-corrected chi connectivity index (χ2v) is 10.6. The number of H-pyrrole nitrogens is 1. The van der Waals surface area contributed by atoms with Gasteiger partial charge in [-0.1, -0.05) is 39.0 Å². The van der Waals surface area contributed by atoms with Crippen LogP contribution in [0.4, 0.5) is 0 Å². The monoisotopic (exact) mass is 498 g/mol. The van der Waals surface area contributed by atoms with Gasteiger partial charge in [-0.25, -0.2) is 0 Å². The van der Waals surface area contributed by atoms with Gasteiger partial charge in [-0.3, -0.25) is 14.8 Å². The molecule has 4 aromatic rings. The van der Waals surface area contributed by atoms with Gasteiger partial charge in [0.2, 0.25) is 0 Å². The molecular weight excluding hydrogens is 460 g/mol. The van der Waals surface area contributed by atoms with Crippen molar-refractivity contribution in [1.82, 2.24) is 20.4 Å². The second-order valence-electron chi connectivity index (χ2n) is 10.6. The number of nitrogens with zero attached hydrogens (tertiary/aromatic N) is 2. The molecule has 2 N–H and O–H groups in total. The van der Waals surface area contributed by atoms with Crippen LogP contribution in [-0.2, 0) is 0 Å². The van der Waals surface area contributed by atoms with Crippen LogP contribution in [0, 0.1) is 5.92 Å². The van der Waals surface area contributed by atoms with Gasteiger partial charge in [0, 0.05) is 29.1 Å². The Labute approximate surface area is 219 Å². The van der Waals surface area contributed by atoms with Gasteiger partial charge in [0.1, 0.15) is 12.4 Å². The van der Waals surface area contributed by atoms with Crippen LogP contribution in [0.15, 0.2) is 54.6 Å². The first-order valence-electron chi connectivity index (χ1n) is 13.7. The number of ether oxygens (including phenoxy) is 1. The molecule has 1 aliphatic rings. The predicted octanol–water partition coefficient (Wildman–Crippen LogP) is 6.41. The van der Waals surface area contributed by atoms with Crippen molar-refractivity contribution in [3.8, 4) is 17.0 Å². The molecule has 194 valence electrons. The van der Waals surface area contributed by atoms with Crippen molar-refractivity contribution >= 4 is 27.6 Å². The summed E-state index contributed by atoms with van der Waals surface area (Å²) in [5.41, 5.74) is 3.45. The maximum atomic E-state index is 12.7. The number of rotatable bonds is 10. The minimum absolute atomic E-state index is 0.0384. The number of benzene rings is 3. The second kappa shape index (κ2) is 11.3. The Balaban J connectivity index is 1.31. The fourth-order valence-electron chi connectivity index (χ4n) is 5.34. The van der Waals surface area contributed by atoms with Gasteiger partial charge in [0.15, 0.2) is 0 Å². The van der Waals surface area contributed by atoms with Crippen LogP contribution in [-0.4, -0.2) is 53.3 Å². The summed E-state index contributed by atoms with van der Waals surface area (Å²) in [7, 11) is 0. The molecule has 0 spiro atoms. The van der Waals surface area contributed by atoms with E-state index in [-0.39, 0.29) is 5.91 Å². The number of aromatic nitrogens is 2. The standard InChI is InChI=1S/C31H38N4O2/c1-4-35-16-6-8-26(35)20-37-27-13-11-22-17-24(10-9-23(22)18-27)30-28-19-25(12-14-29(28)33-34-30)31(36)32-15-5-7-21(2)3/h9-14,17-19,21,26H,4-8,15-16,20H2,1-3H3,(H,32,36)(H,33,34)/t26-/m0/s1. The average molecular weight is 499 g/mol. The maximum absolute atomic E-state index is 12.7. The minimum Gasteiger partial charge on any atom is -0.492 e. The van der Waals surface area contributed by atoms with Crippen molar-refractivity contribution in [2.24, 2.45) is 5.92 Å². The van der Waals surface area contributed by atoms with Crippen molar-refractivity contribution in [2.75, 3.05) is 26.2 Å². The predicted molar refractivity (Wildman–Crippen MR) is 151 cm³/mol. The summed E-state index contributed by atoms with van der Waals surface area (Å²) in [5, 5.41) is 14.0. The fourth-order valence-corrected chi connectivity index (χ4v) is 5.34. The number of nitrogens with one attached hydrogen (secondary N) is 2. The molecule has 1 saturated heterocycles. The molecule has 5 rings (SSSR count). The van der Waals surface area contributed by atoms with Gasteiger partial charge < -0.3 is 10.1 Å². The number of carbonyl (C=O) groups excluding carboxylic acids is 1. The third kappa shape index (κ3) is 5.80. The number of carbonyl (C=O) groups is 1. The van der Waals surface area contributed by atoms with Gasteiger partial charge in [0.05, 0.1) is 11.2 Å². The molecule has 1 aliphatic heterocycles.